The molecule has 0 saturated carbocycles. The number of hydrogen-bond donors (Lipinski definition) is 4. The van der Waals surface area contributed by atoms with Crippen LogP contribution < -0.4 is 9.44 Å². The number of carboxylic acid groups (broad SMARTS) is 1. The predicted molar refractivity (Wildman–Crippen MR) is 65.9 cm³/mol. The van der Waals surface area contributed by atoms with Gasteiger partial charge in [0.15, 0.2) is 0 Å². The molecule has 0 aromatic heterocycles. The quantitative estimate of drug-likeness (QED) is 0.571. The molecule has 0 amide bonds. The Morgan fingerprint density at radius 3 is 2.61 bits per heavy atom. The highest BCUT2D eigenvalue weighted by atomic mass is 32.2. The van der Waals surface area contributed by atoms with Gasteiger partial charge < -0.3 is 10.2 Å². The molecule has 0 radical (unpaired) electrons. The molecule has 100 valence electrons. The van der Waals surface area contributed by atoms with Crippen LogP contribution in [-0.4, -0.2) is 31.1 Å². The molecule has 0 bridgehead atoms. The van der Waals surface area contributed by atoms with Crippen molar-refractivity contribution in [1.82, 2.24) is 4.72 Å². The molecule has 1 aromatic rings. The molecule has 0 aliphatic carbocycles. The molecule has 0 aliphatic rings. The van der Waals surface area contributed by atoms with Gasteiger partial charge in [0, 0.05) is 6.54 Å². The van der Waals surface area contributed by atoms with Crippen molar-refractivity contribution in [2.24, 2.45) is 0 Å². The van der Waals surface area contributed by atoms with Crippen LogP contribution in [0, 0.1) is 0 Å². The molecule has 8 heteroatoms. The highest BCUT2D eigenvalue weighted by Gasteiger charge is 2.13. The lowest BCUT2D eigenvalue weighted by Crippen LogP contribution is -2.30. The van der Waals surface area contributed by atoms with Crippen LogP contribution in [0.3, 0.4) is 0 Å². The fourth-order valence-corrected chi connectivity index (χ4v) is 2.18. The second-order valence-corrected chi connectivity index (χ2v) is 5.04. The maximum atomic E-state index is 11.5. The van der Waals surface area contributed by atoms with Crippen LogP contribution in [0.4, 0.5) is 5.69 Å². The Morgan fingerprint density at radius 2 is 2.06 bits per heavy atom. The Kier molecular flexibility index (Phi) is 4.51. The fourth-order valence-electron chi connectivity index (χ4n) is 1.20. The first-order valence-corrected chi connectivity index (χ1v) is 6.67. The Hall–Kier alpha value is -1.80. The number of benzene rings is 1. The topological polar surface area (TPSA) is 116 Å². The van der Waals surface area contributed by atoms with Crippen molar-refractivity contribution in [1.29, 1.82) is 0 Å². The average Bonchev–Trinajstić information content (AvgIpc) is 2.28. The zero-order valence-corrected chi connectivity index (χ0v) is 10.5. The van der Waals surface area contributed by atoms with E-state index in [9.17, 15) is 18.3 Å². The third-order valence-corrected chi connectivity index (χ3v) is 3.11. The van der Waals surface area contributed by atoms with Crippen molar-refractivity contribution in [3.8, 4) is 5.75 Å². The van der Waals surface area contributed by atoms with Gasteiger partial charge in [-0.15, -0.1) is 0 Å². The van der Waals surface area contributed by atoms with Crippen LogP contribution >= 0.6 is 0 Å². The zero-order valence-electron chi connectivity index (χ0n) is 9.67. The molecule has 0 saturated heterocycles. The van der Waals surface area contributed by atoms with E-state index in [2.05, 4.69) is 9.44 Å². The van der Waals surface area contributed by atoms with Crippen molar-refractivity contribution in [3.63, 3.8) is 0 Å². The van der Waals surface area contributed by atoms with Crippen molar-refractivity contribution in [2.45, 2.75) is 13.3 Å². The summed E-state index contributed by atoms with van der Waals surface area (Å²) in [6.07, 6.45) is 0.636. The molecule has 0 unspecified atom stereocenters. The molecule has 1 aromatic carbocycles. The second kappa shape index (κ2) is 5.69. The number of hydrogen-bond acceptors (Lipinski definition) is 4. The Balaban J connectivity index is 2.92. The number of nitrogens with one attached hydrogen (secondary N) is 2. The summed E-state index contributed by atoms with van der Waals surface area (Å²) < 4.78 is 27.4. The fraction of sp³-hybridized carbons (Fsp3) is 0.300. The molecule has 0 heterocycles. The minimum atomic E-state index is -3.73. The van der Waals surface area contributed by atoms with Crippen molar-refractivity contribution < 1.29 is 23.4 Å². The van der Waals surface area contributed by atoms with Crippen LogP contribution in [0.25, 0.3) is 0 Å². The minimum absolute atomic E-state index is 0.0637. The third-order valence-electron chi connectivity index (χ3n) is 2.02. The molecule has 0 fully saturated rings. The molecule has 4 N–H and O–H groups in total. The summed E-state index contributed by atoms with van der Waals surface area (Å²) in [5.74, 6) is -1.76. The Morgan fingerprint density at radius 1 is 1.39 bits per heavy atom. The largest absolute Gasteiger partial charge is 0.507 e. The van der Waals surface area contributed by atoms with Gasteiger partial charge in [-0.25, -0.2) is 4.79 Å². The monoisotopic (exact) mass is 274 g/mol. The SMILES string of the molecule is CCCNS(=O)(=O)Nc1ccc(O)c(C(=O)O)c1. The molecular weight excluding hydrogens is 260 g/mol. The van der Waals surface area contributed by atoms with Gasteiger partial charge in [0.2, 0.25) is 0 Å². The van der Waals surface area contributed by atoms with Gasteiger partial charge in [0.05, 0.1) is 5.69 Å². The number of anilines is 1. The van der Waals surface area contributed by atoms with Crippen LogP contribution in [0.5, 0.6) is 5.75 Å². The van der Waals surface area contributed by atoms with Gasteiger partial charge >= 0.3 is 5.97 Å². The van der Waals surface area contributed by atoms with Gasteiger partial charge in [-0.2, -0.15) is 13.1 Å². The maximum absolute atomic E-state index is 11.5. The lowest BCUT2D eigenvalue weighted by atomic mass is 10.2. The highest BCUT2D eigenvalue weighted by molar-refractivity contribution is 7.90. The van der Waals surface area contributed by atoms with Gasteiger partial charge in [-0.05, 0) is 24.6 Å². The van der Waals surface area contributed by atoms with Crippen LogP contribution in [0.15, 0.2) is 18.2 Å². The molecule has 18 heavy (non-hydrogen) atoms. The number of phenols is 1. The first-order valence-electron chi connectivity index (χ1n) is 5.19. The van der Waals surface area contributed by atoms with E-state index in [-0.39, 0.29) is 17.8 Å². The molecular formula is C10H14N2O5S. The summed E-state index contributed by atoms with van der Waals surface area (Å²) in [5.41, 5.74) is -0.306. The van der Waals surface area contributed by atoms with E-state index in [1.165, 1.54) is 6.07 Å². The second-order valence-electron chi connectivity index (χ2n) is 3.54. The van der Waals surface area contributed by atoms with E-state index >= 15 is 0 Å². The summed E-state index contributed by atoms with van der Waals surface area (Å²) in [4.78, 5) is 10.8. The van der Waals surface area contributed by atoms with E-state index < -0.39 is 21.9 Å². The van der Waals surface area contributed by atoms with Crippen LogP contribution in [-0.2, 0) is 10.2 Å². The van der Waals surface area contributed by atoms with Gasteiger partial charge in [-0.1, -0.05) is 6.92 Å². The van der Waals surface area contributed by atoms with Gasteiger partial charge in [-0.3, -0.25) is 4.72 Å². The number of rotatable bonds is 6. The van der Waals surface area contributed by atoms with Gasteiger partial charge in [0.1, 0.15) is 11.3 Å². The average molecular weight is 274 g/mol. The van der Waals surface area contributed by atoms with E-state index in [0.717, 1.165) is 12.1 Å². The normalized spacial score (nSPS) is 11.2. The molecule has 0 aliphatic heterocycles. The number of carboxylic acids is 1. The van der Waals surface area contributed by atoms with Gasteiger partial charge in [0.25, 0.3) is 10.2 Å². The zero-order chi connectivity index (χ0) is 13.8. The van der Waals surface area contributed by atoms with E-state index in [1.807, 2.05) is 6.92 Å². The highest BCUT2D eigenvalue weighted by Crippen LogP contribution is 2.21. The summed E-state index contributed by atoms with van der Waals surface area (Å²) in [6, 6.07) is 3.43. The van der Waals surface area contributed by atoms with E-state index in [0.29, 0.717) is 6.42 Å². The predicted octanol–water partition coefficient (Wildman–Crippen LogP) is 0.747. The summed E-state index contributed by atoms with van der Waals surface area (Å²) >= 11 is 0. The van der Waals surface area contributed by atoms with Crippen molar-refractivity contribution in [2.75, 3.05) is 11.3 Å². The smallest absolute Gasteiger partial charge is 0.339 e. The lowest BCUT2D eigenvalue weighted by Gasteiger charge is -2.09. The summed E-state index contributed by atoms with van der Waals surface area (Å²) in [7, 11) is -3.73. The third kappa shape index (κ3) is 3.90. The summed E-state index contributed by atoms with van der Waals surface area (Å²) in [6.45, 7) is 2.09. The summed E-state index contributed by atoms with van der Waals surface area (Å²) in [5, 5.41) is 18.0. The molecule has 7 nitrogen and oxygen atoms in total. The number of aromatic hydroxyl groups is 1. The minimum Gasteiger partial charge on any atom is -0.507 e. The Labute approximate surface area is 105 Å². The molecule has 1 rings (SSSR count). The first kappa shape index (κ1) is 14.3. The standard InChI is InChI=1S/C10H14N2O5S/c1-2-5-11-18(16,17)12-7-3-4-9(13)8(6-7)10(14)15/h3-4,6,11-13H,2,5H2,1H3,(H,14,15). The lowest BCUT2D eigenvalue weighted by molar-refractivity contribution is 0.0694. The van der Waals surface area contributed by atoms with Crippen molar-refractivity contribution in [3.05, 3.63) is 23.8 Å². The molecule has 0 spiro atoms. The van der Waals surface area contributed by atoms with Crippen LogP contribution in [0.2, 0.25) is 0 Å². The first-order chi connectivity index (χ1) is 8.35. The van der Waals surface area contributed by atoms with E-state index in [4.69, 9.17) is 5.11 Å². The van der Waals surface area contributed by atoms with Crippen LogP contribution in [0.1, 0.15) is 23.7 Å². The molecule has 0 atom stereocenters. The van der Waals surface area contributed by atoms with Crippen molar-refractivity contribution >= 4 is 21.9 Å². The Bertz CT molecular complexity index is 541. The maximum Gasteiger partial charge on any atom is 0.339 e. The number of carbonyl (C=O) groups is 1. The number of aromatic carboxylic acids is 1. The van der Waals surface area contributed by atoms with E-state index in [1.54, 1.807) is 0 Å².